The quantitative estimate of drug-likeness (QED) is 0.896. The van der Waals surface area contributed by atoms with E-state index < -0.39 is 0 Å². The van der Waals surface area contributed by atoms with Crippen LogP contribution in [0.25, 0.3) is 0 Å². The summed E-state index contributed by atoms with van der Waals surface area (Å²) in [7, 11) is 1.68. The van der Waals surface area contributed by atoms with E-state index in [0.29, 0.717) is 0 Å². The van der Waals surface area contributed by atoms with Gasteiger partial charge in [0.25, 0.3) is 0 Å². The topological polar surface area (TPSA) is 39.1 Å². The molecule has 19 heavy (non-hydrogen) atoms. The average molecular weight is 259 g/mol. The Morgan fingerprint density at radius 3 is 2.68 bits per heavy atom. The Morgan fingerprint density at radius 2 is 2.05 bits per heavy atom. The maximum Gasteiger partial charge on any atom is 0.119 e. The van der Waals surface area contributed by atoms with Crippen LogP contribution in [0.15, 0.2) is 24.3 Å². The van der Waals surface area contributed by atoms with Gasteiger partial charge in [-0.15, -0.1) is 0 Å². The number of anilines is 1. The van der Waals surface area contributed by atoms with E-state index in [1.807, 2.05) is 29.8 Å². The molecule has 1 aromatic heterocycles. The summed E-state index contributed by atoms with van der Waals surface area (Å²) >= 11 is 0. The zero-order valence-electron chi connectivity index (χ0n) is 12.0. The van der Waals surface area contributed by atoms with Gasteiger partial charge in [0.05, 0.1) is 25.0 Å². The summed E-state index contributed by atoms with van der Waals surface area (Å²) < 4.78 is 7.24. The molecule has 0 aliphatic rings. The van der Waals surface area contributed by atoms with Gasteiger partial charge in [0.15, 0.2) is 0 Å². The summed E-state index contributed by atoms with van der Waals surface area (Å²) in [6, 6.07) is 8.17. The third-order valence-corrected chi connectivity index (χ3v) is 3.18. The van der Waals surface area contributed by atoms with Gasteiger partial charge in [0, 0.05) is 12.2 Å². The van der Waals surface area contributed by atoms with E-state index >= 15 is 0 Å². The Balaban J connectivity index is 2.09. The summed E-state index contributed by atoms with van der Waals surface area (Å²) in [4.78, 5) is 0. The van der Waals surface area contributed by atoms with Crippen LogP contribution in [0.2, 0.25) is 0 Å². The number of nitrogens with zero attached hydrogens (tertiary/aromatic N) is 2. The molecule has 0 saturated carbocycles. The first-order valence-electron chi connectivity index (χ1n) is 6.56. The molecule has 2 rings (SSSR count). The second-order valence-corrected chi connectivity index (χ2v) is 4.63. The van der Waals surface area contributed by atoms with Gasteiger partial charge in [-0.1, -0.05) is 0 Å². The Labute approximate surface area is 114 Å². The standard InChI is InChI=1S/C15H21N3O/c1-5-18-13(9-12(3)17-18)10-16-15-7-6-14(19-4)8-11(15)2/h6-9,16H,5,10H2,1-4H3. The lowest BCUT2D eigenvalue weighted by molar-refractivity contribution is 0.414. The minimum absolute atomic E-state index is 0.780. The van der Waals surface area contributed by atoms with Crippen LogP contribution in [-0.2, 0) is 13.1 Å². The van der Waals surface area contributed by atoms with Crippen molar-refractivity contribution in [3.05, 3.63) is 41.2 Å². The third kappa shape index (κ3) is 3.08. The maximum atomic E-state index is 5.21. The summed E-state index contributed by atoms with van der Waals surface area (Å²) in [5.41, 5.74) is 4.57. The Morgan fingerprint density at radius 1 is 1.26 bits per heavy atom. The summed E-state index contributed by atoms with van der Waals surface area (Å²) in [6.07, 6.45) is 0. The van der Waals surface area contributed by atoms with Crippen LogP contribution in [0.5, 0.6) is 5.75 Å². The van der Waals surface area contributed by atoms with E-state index in [-0.39, 0.29) is 0 Å². The molecule has 0 saturated heterocycles. The number of hydrogen-bond acceptors (Lipinski definition) is 3. The first kappa shape index (κ1) is 13.5. The summed E-state index contributed by atoms with van der Waals surface area (Å²) in [5.74, 6) is 0.887. The highest BCUT2D eigenvalue weighted by atomic mass is 16.5. The van der Waals surface area contributed by atoms with Gasteiger partial charge < -0.3 is 10.1 Å². The van der Waals surface area contributed by atoms with Gasteiger partial charge in [0.2, 0.25) is 0 Å². The molecular weight excluding hydrogens is 238 g/mol. The van der Waals surface area contributed by atoms with Gasteiger partial charge in [-0.2, -0.15) is 5.10 Å². The zero-order valence-corrected chi connectivity index (χ0v) is 12.0. The highest BCUT2D eigenvalue weighted by Crippen LogP contribution is 2.21. The average Bonchev–Trinajstić information content (AvgIpc) is 2.77. The molecule has 0 unspecified atom stereocenters. The molecule has 1 N–H and O–H groups in total. The fourth-order valence-corrected chi connectivity index (χ4v) is 2.16. The number of nitrogens with one attached hydrogen (secondary N) is 1. The van der Waals surface area contributed by atoms with E-state index in [4.69, 9.17) is 4.74 Å². The van der Waals surface area contributed by atoms with Crippen LogP contribution >= 0.6 is 0 Å². The Bertz CT molecular complexity index is 561. The third-order valence-electron chi connectivity index (χ3n) is 3.18. The summed E-state index contributed by atoms with van der Waals surface area (Å²) in [6.45, 7) is 7.88. The second-order valence-electron chi connectivity index (χ2n) is 4.63. The SMILES string of the molecule is CCn1nc(C)cc1CNc1ccc(OC)cc1C. The smallest absolute Gasteiger partial charge is 0.119 e. The largest absolute Gasteiger partial charge is 0.497 e. The van der Waals surface area contributed by atoms with Gasteiger partial charge in [-0.3, -0.25) is 4.68 Å². The monoisotopic (exact) mass is 259 g/mol. The van der Waals surface area contributed by atoms with Crippen molar-refractivity contribution in [1.82, 2.24) is 9.78 Å². The number of ether oxygens (including phenoxy) is 1. The molecule has 0 amide bonds. The lowest BCUT2D eigenvalue weighted by Gasteiger charge is -2.11. The number of benzene rings is 1. The molecule has 0 atom stereocenters. The van der Waals surface area contributed by atoms with Crippen molar-refractivity contribution in [1.29, 1.82) is 0 Å². The molecule has 0 bridgehead atoms. The minimum atomic E-state index is 0.780. The fraction of sp³-hybridized carbons (Fsp3) is 0.400. The number of aromatic nitrogens is 2. The Hall–Kier alpha value is -1.97. The molecule has 0 aliphatic carbocycles. The van der Waals surface area contributed by atoms with Gasteiger partial charge in [0.1, 0.15) is 5.75 Å². The van der Waals surface area contributed by atoms with E-state index in [9.17, 15) is 0 Å². The predicted molar refractivity (Wildman–Crippen MR) is 77.7 cm³/mol. The van der Waals surface area contributed by atoms with Crippen LogP contribution in [0, 0.1) is 13.8 Å². The minimum Gasteiger partial charge on any atom is -0.497 e. The maximum absolute atomic E-state index is 5.21. The molecule has 0 spiro atoms. The molecule has 0 fully saturated rings. The van der Waals surface area contributed by atoms with Crippen molar-refractivity contribution in [2.24, 2.45) is 0 Å². The van der Waals surface area contributed by atoms with Crippen molar-refractivity contribution in [2.75, 3.05) is 12.4 Å². The van der Waals surface area contributed by atoms with E-state index in [2.05, 4.69) is 30.3 Å². The van der Waals surface area contributed by atoms with Crippen LogP contribution in [-0.4, -0.2) is 16.9 Å². The normalized spacial score (nSPS) is 10.5. The van der Waals surface area contributed by atoms with Gasteiger partial charge in [-0.05, 0) is 50.6 Å². The predicted octanol–water partition coefficient (Wildman–Crippen LogP) is 3.14. The van der Waals surface area contributed by atoms with E-state index in [1.165, 1.54) is 11.3 Å². The van der Waals surface area contributed by atoms with Crippen LogP contribution in [0.1, 0.15) is 23.9 Å². The first-order chi connectivity index (χ1) is 9.13. The Kier molecular flexibility index (Phi) is 4.10. The van der Waals surface area contributed by atoms with E-state index in [0.717, 1.165) is 30.2 Å². The number of aryl methyl sites for hydroxylation is 3. The highest BCUT2D eigenvalue weighted by Gasteiger charge is 2.05. The van der Waals surface area contributed by atoms with Crippen molar-refractivity contribution < 1.29 is 4.74 Å². The molecule has 4 nitrogen and oxygen atoms in total. The second kappa shape index (κ2) is 5.78. The number of methoxy groups -OCH3 is 1. The van der Waals surface area contributed by atoms with Crippen LogP contribution in [0.4, 0.5) is 5.69 Å². The number of hydrogen-bond donors (Lipinski definition) is 1. The molecular formula is C15H21N3O. The van der Waals surface area contributed by atoms with Crippen molar-refractivity contribution in [3.8, 4) is 5.75 Å². The molecule has 0 radical (unpaired) electrons. The summed E-state index contributed by atoms with van der Waals surface area (Å²) in [5, 5.41) is 7.90. The van der Waals surface area contributed by atoms with Crippen LogP contribution in [0.3, 0.4) is 0 Å². The first-order valence-corrected chi connectivity index (χ1v) is 6.56. The van der Waals surface area contributed by atoms with Crippen molar-refractivity contribution in [3.63, 3.8) is 0 Å². The molecule has 2 aromatic rings. The van der Waals surface area contributed by atoms with Crippen LogP contribution < -0.4 is 10.1 Å². The number of rotatable bonds is 5. The van der Waals surface area contributed by atoms with Gasteiger partial charge in [-0.25, -0.2) is 0 Å². The van der Waals surface area contributed by atoms with Crippen molar-refractivity contribution >= 4 is 5.69 Å². The molecule has 102 valence electrons. The molecule has 4 heteroatoms. The zero-order chi connectivity index (χ0) is 13.8. The van der Waals surface area contributed by atoms with E-state index in [1.54, 1.807) is 7.11 Å². The molecule has 0 aliphatic heterocycles. The lowest BCUT2D eigenvalue weighted by Crippen LogP contribution is -2.08. The van der Waals surface area contributed by atoms with Gasteiger partial charge >= 0.3 is 0 Å². The van der Waals surface area contributed by atoms with Crippen molar-refractivity contribution in [2.45, 2.75) is 33.9 Å². The molecule has 1 aromatic carbocycles. The fourth-order valence-electron chi connectivity index (χ4n) is 2.16. The molecule has 1 heterocycles. The lowest BCUT2D eigenvalue weighted by atomic mass is 10.2. The highest BCUT2D eigenvalue weighted by molar-refractivity contribution is 5.53.